The highest BCUT2D eigenvalue weighted by atomic mass is 16.5. The van der Waals surface area contributed by atoms with Gasteiger partial charge in [-0.2, -0.15) is 20.2 Å². The van der Waals surface area contributed by atoms with Crippen molar-refractivity contribution < 1.29 is 4.74 Å². The SMILES string of the molecule is COc1ccccc1Nc1nc(C#N)nc(N2CCN(C)CC2)n1. The summed E-state index contributed by atoms with van der Waals surface area (Å²) < 4.78 is 5.32. The minimum absolute atomic E-state index is 0.0938. The van der Waals surface area contributed by atoms with Crippen LogP contribution in [0.3, 0.4) is 0 Å². The molecule has 0 atom stereocenters. The maximum Gasteiger partial charge on any atom is 0.238 e. The number of rotatable bonds is 4. The number of hydrogen-bond donors (Lipinski definition) is 1. The van der Waals surface area contributed by atoms with E-state index in [-0.39, 0.29) is 5.82 Å². The first-order valence-electron chi connectivity index (χ1n) is 7.69. The van der Waals surface area contributed by atoms with Crippen molar-refractivity contribution in [2.75, 3.05) is 50.6 Å². The topological polar surface area (TPSA) is 90.2 Å². The molecule has 24 heavy (non-hydrogen) atoms. The molecule has 124 valence electrons. The Kier molecular flexibility index (Phi) is 4.72. The normalized spacial score (nSPS) is 15.0. The Hall–Kier alpha value is -2.92. The predicted octanol–water partition coefficient (Wildman–Crippen LogP) is 1.25. The summed E-state index contributed by atoms with van der Waals surface area (Å²) >= 11 is 0. The molecule has 0 saturated carbocycles. The summed E-state index contributed by atoms with van der Waals surface area (Å²) in [6.07, 6.45) is 0. The molecular weight excluding hydrogens is 306 g/mol. The number of nitrogens with one attached hydrogen (secondary N) is 1. The van der Waals surface area contributed by atoms with Gasteiger partial charge in [0.2, 0.25) is 17.7 Å². The average molecular weight is 325 g/mol. The van der Waals surface area contributed by atoms with Crippen molar-refractivity contribution in [3.05, 3.63) is 30.1 Å². The van der Waals surface area contributed by atoms with Crippen LogP contribution in [0, 0.1) is 11.3 Å². The summed E-state index contributed by atoms with van der Waals surface area (Å²) in [4.78, 5) is 17.2. The largest absolute Gasteiger partial charge is 0.495 e. The molecule has 1 N–H and O–H groups in total. The minimum atomic E-state index is 0.0938. The smallest absolute Gasteiger partial charge is 0.238 e. The third-order valence-corrected chi connectivity index (χ3v) is 3.86. The molecule has 0 spiro atoms. The predicted molar refractivity (Wildman–Crippen MR) is 90.5 cm³/mol. The number of nitriles is 1. The molecule has 1 aromatic heterocycles. The van der Waals surface area contributed by atoms with Crippen molar-refractivity contribution in [3.63, 3.8) is 0 Å². The molecule has 8 heteroatoms. The van der Waals surface area contributed by atoms with Crippen LogP contribution in [-0.2, 0) is 0 Å². The van der Waals surface area contributed by atoms with Gasteiger partial charge in [0.1, 0.15) is 11.8 Å². The summed E-state index contributed by atoms with van der Waals surface area (Å²) in [6, 6.07) is 9.48. The van der Waals surface area contributed by atoms with E-state index in [4.69, 9.17) is 4.74 Å². The number of nitrogens with zero attached hydrogens (tertiary/aromatic N) is 6. The van der Waals surface area contributed by atoms with Crippen LogP contribution in [0.4, 0.5) is 17.6 Å². The average Bonchev–Trinajstić information content (AvgIpc) is 2.62. The molecule has 8 nitrogen and oxygen atoms in total. The second-order valence-corrected chi connectivity index (χ2v) is 5.51. The Labute approximate surface area is 140 Å². The lowest BCUT2D eigenvalue weighted by molar-refractivity contribution is 0.311. The summed E-state index contributed by atoms with van der Waals surface area (Å²) in [5.74, 6) is 1.63. The number of hydrogen-bond acceptors (Lipinski definition) is 8. The van der Waals surface area contributed by atoms with Gasteiger partial charge in [0.15, 0.2) is 0 Å². The van der Waals surface area contributed by atoms with Crippen LogP contribution in [-0.4, -0.2) is 60.2 Å². The van der Waals surface area contributed by atoms with Crippen LogP contribution < -0.4 is 15.0 Å². The number of anilines is 3. The van der Waals surface area contributed by atoms with E-state index in [1.807, 2.05) is 30.3 Å². The highest BCUT2D eigenvalue weighted by Gasteiger charge is 2.18. The van der Waals surface area contributed by atoms with E-state index in [1.165, 1.54) is 0 Å². The number of aromatic nitrogens is 3. The van der Waals surface area contributed by atoms with E-state index >= 15 is 0 Å². The number of piperazine rings is 1. The Morgan fingerprint density at radius 2 is 1.88 bits per heavy atom. The standard InChI is InChI=1S/C16H19N7O/c1-22-7-9-23(10-8-22)16-20-14(11-17)19-15(21-16)18-12-5-3-4-6-13(12)24-2/h3-6H,7-10H2,1-2H3,(H,18,19,20,21). The van der Waals surface area contributed by atoms with Crippen molar-refractivity contribution >= 4 is 17.6 Å². The fraction of sp³-hybridized carbons (Fsp3) is 0.375. The number of benzene rings is 1. The third-order valence-electron chi connectivity index (χ3n) is 3.86. The van der Waals surface area contributed by atoms with Gasteiger partial charge in [0.05, 0.1) is 12.8 Å². The van der Waals surface area contributed by atoms with Gasteiger partial charge in [-0.1, -0.05) is 12.1 Å². The number of ether oxygens (including phenoxy) is 1. The van der Waals surface area contributed by atoms with Gasteiger partial charge in [-0.15, -0.1) is 0 Å². The van der Waals surface area contributed by atoms with Crippen molar-refractivity contribution in [2.45, 2.75) is 0 Å². The van der Waals surface area contributed by atoms with Crippen LogP contribution >= 0.6 is 0 Å². The first-order chi connectivity index (χ1) is 11.7. The number of methoxy groups -OCH3 is 1. The van der Waals surface area contributed by atoms with Crippen LogP contribution in [0.25, 0.3) is 0 Å². The van der Waals surface area contributed by atoms with Gasteiger partial charge in [-0.3, -0.25) is 0 Å². The lowest BCUT2D eigenvalue weighted by Gasteiger charge is -2.32. The van der Waals surface area contributed by atoms with Crippen LogP contribution in [0.5, 0.6) is 5.75 Å². The first-order valence-corrected chi connectivity index (χ1v) is 7.69. The molecule has 3 rings (SSSR count). The highest BCUT2D eigenvalue weighted by molar-refractivity contribution is 5.63. The van der Waals surface area contributed by atoms with E-state index in [1.54, 1.807) is 7.11 Å². The monoisotopic (exact) mass is 325 g/mol. The molecule has 0 radical (unpaired) electrons. The van der Waals surface area contributed by atoms with Gasteiger partial charge >= 0.3 is 0 Å². The van der Waals surface area contributed by atoms with Crippen molar-refractivity contribution in [3.8, 4) is 11.8 Å². The molecule has 2 aromatic rings. The second-order valence-electron chi connectivity index (χ2n) is 5.51. The molecule has 2 heterocycles. The van der Waals surface area contributed by atoms with Crippen molar-refractivity contribution in [1.82, 2.24) is 19.9 Å². The zero-order valence-corrected chi connectivity index (χ0v) is 13.7. The van der Waals surface area contributed by atoms with Crippen LogP contribution in [0.1, 0.15) is 5.82 Å². The molecule has 0 bridgehead atoms. The Morgan fingerprint density at radius 3 is 2.58 bits per heavy atom. The fourth-order valence-electron chi connectivity index (χ4n) is 2.49. The summed E-state index contributed by atoms with van der Waals surface area (Å²) in [5, 5.41) is 12.3. The van der Waals surface area contributed by atoms with Gasteiger partial charge in [-0.05, 0) is 19.2 Å². The molecule has 1 aliphatic heterocycles. The molecule has 1 aliphatic rings. The summed E-state index contributed by atoms with van der Waals surface area (Å²) in [6.45, 7) is 3.50. The van der Waals surface area contributed by atoms with Gasteiger partial charge in [-0.25, -0.2) is 0 Å². The van der Waals surface area contributed by atoms with E-state index in [9.17, 15) is 5.26 Å². The highest BCUT2D eigenvalue weighted by Crippen LogP contribution is 2.26. The van der Waals surface area contributed by atoms with Gasteiger partial charge in [0.25, 0.3) is 0 Å². The molecule has 0 unspecified atom stereocenters. The number of para-hydroxylation sites is 2. The lowest BCUT2D eigenvalue weighted by atomic mass is 10.3. The second kappa shape index (κ2) is 7.10. The summed E-state index contributed by atoms with van der Waals surface area (Å²) in [5.41, 5.74) is 0.736. The third kappa shape index (κ3) is 3.52. The Bertz CT molecular complexity index is 750. The minimum Gasteiger partial charge on any atom is -0.495 e. The van der Waals surface area contributed by atoms with Gasteiger partial charge < -0.3 is 19.9 Å². The van der Waals surface area contributed by atoms with E-state index < -0.39 is 0 Å². The molecule has 1 aromatic carbocycles. The van der Waals surface area contributed by atoms with Crippen LogP contribution in [0.15, 0.2) is 24.3 Å². The Balaban J connectivity index is 1.88. The van der Waals surface area contributed by atoms with E-state index in [0.29, 0.717) is 17.6 Å². The lowest BCUT2D eigenvalue weighted by Crippen LogP contribution is -2.45. The van der Waals surface area contributed by atoms with E-state index in [0.717, 1.165) is 31.9 Å². The molecule has 1 saturated heterocycles. The quantitative estimate of drug-likeness (QED) is 0.898. The zero-order valence-electron chi connectivity index (χ0n) is 13.7. The summed E-state index contributed by atoms with van der Waals surface area (Å²) in [7, 11) is 3.68. The molecule has 0 amide bonds. The van der Waals surface area contributed by atoms with Crippen molar-refractivity contribution in [1.29, 1.82) is 5.26 Å². The molecular formula is C16H19N7O. The number of likely N-dealkylation sites (N-methyl/N-ethyl adjacent to an activating group) is 1. The molecule has 1 fully saturated rings. The van der Waals surface area contributed by atoms with Crippen LogP contribution in [0.2, 0.25) is 0 Å². The maximum absolute atomic E-state index is 9.21. The fourth-order valence-corrected chi connectivity index (χ4v) is 2.49. The molecule has 0 aliphatic carbocycles. The van der Waals surface area contributed by atoms with Crippen molar-refractivity contribution in [2.24, 2.45) is 0 Å². The zero-order chi connectivity index (χ0) is 16.9. The maximum atomic E-state index is 9.21. The van der Waals surface area contributed by atoms with E-state index in [2.05, 4.69) is 37.1 Å². The Morgan fingerprint density at radius 1 is 1.12 bits per heavy atom. The van der Waals surface area contributed by atoms with Gasteiger partial charge in [0, 0.05) is 26.2 Å². The first kappa shape index (κ1) is 16.0.